The van der Waals surface area contributed by atoms with E-state index in [4.69, 9.17) is 16.9 Å². The number of aromatic nitrogens is 1. The van der Waals surface area contributed by atoms with Crippen molar-refractivity contribution in [3.8, 4) is 6.19 Å². The van der Waals surface area contributed by atoms with Crippen molar-refractivity contribution in [2.24, 2.45) is 4.36 Å². The predicted molar refractivity (Wildman–Crippen MR) is 66.9 cm³/mol. The summed E-state index contributed by atoms with van der Waals surface area (Å²) in [4.78, 5) is 3.97. The molecule has 1 aliphatic rings. The van der Waals surface area contributed by atoms with Crippen LogP contribution in [0, 0.1) is 11.5 Å². The molecule has 17 heavy (non-hydrogen) atoms. The van der Waals surface area contributed by atoms with Crippen LogP contribution in [0.3, 0.4) is 0 Å². The van der Waals surface area contributed by atoms with E-state index in [0.29, 0.717) is 17.3 Å². The summed E-state index contributed by atoms with van der Waals surface area (Å²) < 4.78 is 15.9. The third-order valence-electron chi connectivity index (χ3n) is 2.58. The maximum absolute atomic E-state index is 12.3. The van der Waals surface area contributed by atoms with Crippen LogP contribution < -0.4 is 0 Å². The Balaban J connectivity index is 2.22. The quantitative estimate of drug-likeness (QED) is 0.469. The average Bonchev–Trinajstić information content (AvgIpc) is 2.64. The first-order chi connectivity index (χ1) is 8.14. The van der Waals surface area contributed by atoms with E-state index < -0.39 is 9.73 Å². The Morgan fingerprint density at radius 1 is 1.65 bits per heavy atom. The first-order valence-electron chi connectivity index (χ1n) is 5.03. The van der Waals surface area contributed by atoms with E-state index >= 15 is 0 Å². The second kappa shape index (κ2) is 4.86. The van der Waals surface area contributed by atoms with Gasteiger partial charge in [0, 0.05) is 6.20 Å². The van der Waals surface area contributed by atoms with Crippen molar-refractivity contribution in [1.29, 1.82) is 5.26 Å². The van der Waals surface area contributed by atoms with E-state index in [9.17, 15) is 4.21 Å². The molecule has 0 spiro atoms. The summed E-state index contributed by atoms with van der Waals surface area (Å²) >= 11 is 5.69. The molecule has 2 heterocycles. The molecular formula is C11H10ClN3OS. The molecule has 0 saturated heterocycles. The van der Waals surface area contributed by atoms with Crippen LogP contribution in [0.4, 0.5) is 0 Å². The summed E-state index contributed by atoms with van der Waals surface area (Å²) in [6.07, 6.45) is 7.54. The van der Waals surface area contributed by atoms with Crippen molar-refractivity contribution in [2.75, 3.05) is 5.75 Å². The van der Waals surface area contributed by atoms with Gasteiger partial charge in [0.1, 0.15) is 5.15 Å². The molecule has 4 nitrogen and oxygen atoms in total. The Labute approximate surface area is 105 Å². The topological polar surface area (TPSA) is 66.1 Å². The maximum atomic E-state index is 12.3. The molecule has 0 saturated carbocycles. The standard InChI is InChI=1S/C11H10ClN3OS/c12-11-4-3-9(7-14-11)6-10-2-1-5-17(10,16)15-8-13/h1-4,7,10H,5-6H2. The molecule has 0 N–H and O–H groups in total. The smallest absolute Gasteiger partial charge is 0.214 e. The highest BCUT2D eigenvalue weighted by atomic mass is 35.5. The SMILES string of the molecule is N#CN=S1(=O)CC=CC1Cc1ccc(Cl)nc1. The molecule has 1 aromatic rings. The molecule has 1 aromatic heterocycles. The Kier molecular flexibility index (Phi) is 3.46. The van der Waals surface area contributed by atoms with Crippen molar-refractivity contribution in [1.82, 2.24) is 4.98 Å². The van der Waals surface area contributed by atoms with E-state index in [0.717, 1.165) is 5.56 Å². The molecule has 2 unspecified atom stereocenters. The number of rotatable bonds is 2. The van der Waals surface area contributed by atoms with Gasteiger partial charge < -0.3 is 0 Å². The van der Waals surface area contributed by atoms with Crippen LogP contribution in [0.2, 0.25) is 5.15 Å². The largest absolute Gasteiger partial charge is 0.248 e. The molecule has 0 fully saturated rings. The van der Waals surface area contributed by atoms with Crippen molar-refractivity contribution >= 4 is 21.3 Å². The first-order valence-corrected chi connectivity index (χ1v) is 7.15. The van der Waals surface area contributed by atoms with Crippen LogP contribution in [0.1, 0.15) is 5.56 Å². The van der Waals surface area contributed by atoms with E-state index in [1.165, 1.54) is 0 Å². The van der Waals surface area contributed by atoms with Gasteiger partial charge in [-0.2, -0.15) is 5.26 Å². The summed E-state index contributed by atoms with van der Waals surface area (Å²) in [5.74, 6) is 0.353. The molecule has 88 valence electrons. The summed E-state index contributed by atoms with van der Waals surface area (Å²) in [6, 6.07) is 3.53. The zero-order valence-electron chi connectivity index (χ0n) is 8.91. The fourth-order valence-corrected chi connectivity index (χ4v) is 3.63. The Bertz CT molecular complexity index is 594. The minimum Gasteiger partial charge on any atom is -0.248 e. The molecule has 0 aromatic carbocycles. The molecule has 0 aliphatic carbocycles. The molecule has 0 bridgehead atoms. The Hall–Kier alpha value is -1.38. The van der Waals surface area contributed by atoms with Crippen molar-refractivity contribution in [2.45, 2.75) is 11.7 Å². The van der Waals surface area contributed by atoms with Crippen LogP contribution in [-0.2, 0) is 16.1 Å². The van der Waals surface area contributed by atoms with Gasteiger partial charge in [-0.05, 0) is 18.1 Å². The third-order valence-corrected chi connectivity index (χ3v) is 5.13. The predicted octanol–water partition coefficient (Wildman–Crippen LogP) is 2.16. The summed E-state index contributed by atoms with van der Waals surface area (Å²) in [5, 5.41) is 8.77. The maximum Gasteiger partial charge on any atom is 0.214 e. The van der Waals surface area contributed by atoms with Gasteiger partial charge >= 0.3 is 0 Å². The summed E-state index contributed by atoms with van der Waals surface area (Å²) in [5.41, 5.74) is 0.937. The third kappa shape index (κ3) is 2.65. The second-order valence-electron chi connectivity index (χ2n) is 3.71. The van der Waals surface area contributed by atoms with Gasteiger partial charge in [-0.15, -0.1) is 4.36 Å². The monoisotopic (exact) mass is 267 g/mol. The summed E-state index contributed by atoms with van der Waals surface area (Å²) in [7, 11) is -2.46. The summed E-state index contributed by atoms with van der Waals surface area (Å²) in [6.45, 7) is 0. The molecule has 2 atom stereocenters. The molecular weight excluding hydrogens is 258 g/mol. The highest BCUT2D eigenvalue weighted by Crippen LogP contribution is 2.20. The first kappa shape index (κ1) is 12.1. The minimum atomic E-state index is -2.46. The van der Waals surface area contributed by atoms with Crippen molar-refractivity contribution in [3.05, 3.63) is 41.2 Å². The number of halogens is 1. The van der Waals surface area contributed by atoms with Gasteiger partial charge in [0.05, 0.1) is 20.7 Å². The van der Waals surface area contributed by atoms with Crippen LogP contribution >= 0.6 is 11.6 Å². The molecule has 0 amide bonds. The van der Waals surface area contributed by atoms with Crippen LogP contribution in [-0.4, -0.2) is 20.2 Å². The average molecular weight is 268 g/mol. The number of hydrogen-bond donors (Lipinski definition) is 0. The number of pyridine rings is 1. The van der Waals surface area contributed by atoms with E-state index in [1.54, 1.807) is 18.5 Å². The van der Waals surface area contributed by atoms with Gasteiger partial charge in [-0.1, -0.05) is 29.8 Å². The lowest BCUT2D eigenvalue weighted by Gasteiger charge is -2.11. The van der Waals surface area contributed by atoms with Gasteiger partial charge in [-0.25, -0.2) is 9.19 Å². The number of hydrogen-bond acceptors (Lipinski definition) is 4. The number of nitrogens with zero attached hydrogens (tertiary/aromatic N) is 3. The Morgan fingerprint density at radius 3 is 3.12 bits per heavy atom. The van der Waals surface area contributed by atoms with Gasteiger partial charge in [0.25, 0.3) is 0 Å². The van der Waals surface area contributed by atoms with Gasteiger partial charge in [-0.3, -0.25) is 0 Å². The van der Waals surface area contributed by atoms with Gasteiger partial charge in [0.2, 0.25) is 6.19 Å². The molecule has 6 heteroatoms. The van der Waals surface area contributed by atoms with Crippen molar-refractivity contribution in [3.63, 3.8) is 0 Å². The van der Waals surface area contributed by atoms with E-state index in [2.05, 4.69) is 9.35 Å². The highest BCUT2D eigenvalue weighted by Gasteiger charge is 2.25. The van der Waals surface area contributed by atoms with Gasteiger partial charge in [0.15, 0.2) is 0 Å². The van der Waals surface area contributed by atoms with Crippen LogP contribution in [0.15, 0.2) is 34.8 Å². The van der Waals surface area contributed by atoms with Crippen LogP contribution in [0.25, 0.3) is 0 Å². The normalized spacial score (nSPS) is 26.7. The highest BCUT2D eigenvalue weighted by molar-refractivity contribution is 7.94. The lowest BCUT2D eigenvalue weighted by molar-refractivity contribution is 0.674. The molecule has 1 aliphatic heterocycles. The van der Waals surface area contributed by atoms with Crippen molar-refractivity contribution < 1.29 is 4.21 Å². The molecule has 0 radical (unpaired) electrons. The zero-order chi connectivity index (χ0) is 12.3. The van der Waals surface area contributed by atoms with E-state index in [-0.39, 0.29) is 5.25 Å². The van der Waals surface area contributed by atoms with E-state index in [1.807, 2.05) is 18.2 Å². The fraction of sp³-hybridized carbons (Fsp3) is 0.273. The number of nitriles is 1. The second-order valence-corrected chi connectivity index (χ2v) is 6.60. The zero-order valence-corrected chi connectivity index (χ0v) is 10.5. The fourth-order valence-electron chi connectivity index (χ4n) is 1.72. The lowest BCUT2D eigenvalue weighted by atomic mass is 10.1. The van der Waals surface area contributed by atoms with Crippen LogP contribution in [0.5, 0.6) is 0 Å². The Morgan fingerprint density at radius 2 is 2.47 bits per heavy atom. The minimum absolute atomic E-state index is 0.217. The molecule has 2 rings (SSSR count). The lowest BCUT2D eigenvalue weighted by Crippen LogP contribution is -2.18.